The first kappa shape index (κ1) is 18.8. The summed E-state index contributed by atoms with van der Waals surface area (Å²) in [6, 6.07) is -0.666. The minimum Gasteiger partial charge on any atom is -0.477 e. The number of hydrogen-bond acceptors (Lipinski definition) is 5. The second-order valence-electron chi connectivity index (χ2n) is 7.29. The molecule has 0 spiro atoms. The topological polar surface area (TPSA) is 116 Å². The van der Waals surface area contributed by atoms with E-state index in [1.54, 1.807) is 0 Å². The van der Waals surface area contributed by atoms with Crippen molar-refractivity contribution in [2.45, 2.75) is 49.6 Å². The van der Waals surface area contributed by atoms with Gasteiger partial charge in [0.25, 0.3) is 11.8 Å². The van der Waals surface area contributed by atoms with Gasteiger partial charge in [0.1, 0.15) is 17.1 Å². The fraction of sp³-hybridized carbons (Fsp3) is 0.474. The first-order valence-corrected chi connectivity index (χ1v) is 10.3. The largest absolute Gasteiger partial charge is 0.477 e. The maximum Gasteiger partial charge on any atom is 0.353 e. The number of amides is 3. The third-order valence-electron chi connectivity index (χ3n) is 5.15. The number of β-lactam (4-membered cyclic amide) rings is 1. The number of fused-ring (bicyclic) bond motifs is 1. The van der Waals surface area contributed by atoms with Crippen LogP contribution in [0.4, 0.5) is 0 Å². The van der Waals surface area contributed by atoms with Crippen LogP contribution in [-0.2, 0) is 19.2 Å². The van der Waals surface area contributed by atoms with E-state index in [9.17, 15) is 24.3 Å². The monoisotopic (exact) mass is 403 g/mol. The fourth-order valence-corrected chi connectivity index (χ4v) is 4.86. The summed E-state index contributed by atoms with van der Waals surface area (Å²) in [7, 11) is 0. The molecule has 0 aromatic heterocycles. The molecular formula is C19H21N3O5S. The van der Waals surface area contributed by atoms with E-state index in [1.807, 2.05) is 18.2 Å². The van der Waals surface area contributed by atoms with Crippen molar-refractivity contribution in [2.75, 3.05) is 5.75 Å². The van der Waals surface area contributed by atoms with Crippen LogP contribution < -0.4 is 10.6 Å². The maximum absolute atomic E-state index is 12.6. The van der Waals surface area contributed by atoms with Crippen LogP contribution in [0.2, 0.25) is 0 Å². The standard InChI is InChI=1S/C19H21N3O5S/c23-13(8-10-4-2-1-3-5-10)21-14-17(25)22-15(19(26)27)12(9-28-18(14)22)16(24)20-11-6-7-11/h1-2,5,11,14,18H,3-4,6-9H2,(H,20,24)(H,21,23)(H,26,27)/t14?,18-/m0/s1. The zero-order valence-corrected chi connectivity index (χ0v) is 16.0. The van der Waals surface area contributed by atoms with Crippen LogP contribution >= 0.6 is 11.8 Å². The highest BCUT2D eigenvalue weighted by molar-refractivity contribution is 8.00. The number of hydrogen-bond donors (Lipinski definition) is 3. The highest BCUT2D eigenvalue weighted by atomic mass is 32.2. The molecule has 2 aliphatic carbocycles. The SMILES string of the molecule is O=C(CC1=CCC=CC1)NC1C(=O)N2C(C(=O)O)=C(C(=O)NC3CC3)CS[C@@H]12. The van der Waals surface area contributed by atoms with Gasteiger partial charge in [-0.2, -0.15) is 0 Å². The van der Waals surface area contributed by atoms with Crippen molar-refractivity contribution in [1.29, 1.82) is 0 Å². The van der Waals surface area contributed by atoms with Gasteiger partial charge in [0.05, 0.1) is 5.57 Å². The molecule has 28 heavy (non-hydrogen) atoms. The molecule has 2 atom stereocenters. The molecule has 2 heterocycles. The zero-order valence-electron chi connectivity index (χ0n) is 15.1. The summed E-state index contributed by atoms with van der Waals surface area (Å²) >= 11 is 1.30. The Labute approximate surface area is 166 Å². The Hall–Kier alpha value is -2.55. The van der Waals surface area contributed by atoms with Crippen molar-refractivity contribution in [2.24, 2.45) is 0 Å². The van der Waals surface area contributed by atoms with Gasteiger partial charge in [-0.15, -0.1) is 11.8 Å². The molecule has 0 aromatic rings. The van der Waals surface area contributed by atoms with E-state index in [4.69, 9.17) is 0 Å². The molecule has 148 valence electrons. The zero-order chi connectivity index (χ0) is 19.8. The number of aliphatic carboxylic acids is 1. The van der Waals surface area contributed by atoms with Crippen LogP contribution in [0.5, 0.6) is 0 Å². The predicted octanol–water partition coefficient (Wildman–Crippen LogP) is 0.670. The smallest absolute Gasteiger partial charge is 0.353 e. The van der Waals surface area contributed by atoms with E-state index in [0.29, 0.717) is 0 Å². The molecule has 2 aliphatic heterocycles. The summed E-state index contributed by atoms with van der Waals surface area (Å²) < 4.78 is 0. The van der Waals surface area contributed by atoms with Crippen LogP contribution in [-0.4, -0.2) is 56.9 Å². The van der Waals surface area contributed by atoms with Crippen molar-refractivity contribution in [3.8, 4) is 0 Å². The van der Waals surface area contributed by atoms with Crippen molar-refractivity contribution in [1.82, 2.24) is 15.5 Å². The molecule has 8 nitrogen and oxygen atoms in total. The Morgan fingerprint density at radius 2 is 2.00 bits per heavy atom. The lowest BCUT2D eigenvalue weighted by Crippen LogP contribution is -2.70. The molecule has 4 rings (SSSR count). The summed E-state index contributed by atoms with van der Waals surface area (Å²) in [5, 5.41) is 14.6. The van der Waals surface area contributed by atoms with Gasteiger partial charge in [-0.3, -0.25) is 19.3 Å². The van der Waals surface area contributed by atoms with Gasteiger partial charge >= 0.3 is 5.97 Å². The van der Waals surface area contributed by atoms with Crippen molar-refractivity contribution >= 4 is 35.5 Å². The molecule has 0 radical (unpaired) electrons. The first-order chi connectivity index (χ1) is 13.5. The Balaban J connectivity index is 1.44. The second-order valence-corrected chi connectivity index (χ2v) is 8.39. The molecule has 4 aliphatic rings. The minimum absolute atomic E-state index is 0.0980. The Morgan fingerprint density at radius 1 is 1.21 bits per heavy atom. The Morgan fingerprint density at radius 3 is 2.64 bits per heavy atom. The number of nitrogens with zero attached hydrogens (tertiary/aromatic N) is 1. The number of carboxylic acid groups (broad SMARTS) is 1. The van der Waals surface area contributed by atoms with Gasteiger partial charge in [0.15, 0.2) is 0 Å². The molecule has 1 unspecified atom stereocenters. The third kappa shape index (κ3) is 3.58. The quantitative estimate of drug-likeness (QED) is 0.443. The van der Waals surface area contributed by atoms with Crippen LogP contribution in [0.25, 0.3) is 0 Å². The van der Waals surface area contributed by atoms with Crippen LogP contribution in [0, 0.1) is 0 Å². The number of thioether (sulfide) groups is 1. The minimum atomic E-state index is -1.30. The molecule has 2 fully saturated rings. The van der Waals surface area contributed by atoms with Crippen molar-refractivity contribution in [3.05, 3.63) is 35.1 Å². The normalized spacial score (nSPS) is 26.2. The van der Waals surface area contributed by atoms with E-state index in [-0.39, 0.29) is 35.4 Å². The Kier molecular flexibility index (Phi) is 5.01. The van der Waals surface area contributed by atoms with Gasteiger partial charge in [0, 0.05) is 18.2 Å². The third-order valence-corrected chi connectivity index (χ3v) is 6.43. The predicted molar refractivity (Wildman–Crippen MR) is 102 cm³/mol. The fourth-order valence-electron chi connectivity index (χ4n) is 3.52. The van der Waals surface area contributed by atoms with Gasteiger partial charge in [-0.25, -0.2) is 4.79 Å². The van der Waals surface area contributed by atoms with E-state index < -0.39 is 29.2 Å². The molecule has 3 N–H and O–H groups in total. The number of allylic oxidation sites excluding steroid dienone is 3. The summed E-state index contributed by atoms with van der Waals surface area (Å²) in [5.41, 5.74) is 0.848. The molecule has 1 saturated heterocycles. The van der Waals surface area contributed by atoms with Gasteiger partial charge in [-0.1, -0.05) is 23.8 Å². The maximum atomic E-state index is 12.6. The van der Waals surface area contributed by atoms with E-state index in [2.05, 4.69) is 10.6 Å². The van der Waals surface area contributed by atoms with Gasteiger partial charge in [0.2, 0.25) is 5.91 Å². The van der Waals surface area contributed by atoms with E-state index in [0.717, 1.165) is 36.2 Å². The highest BCUT2D eigenvalue weighted by Gasteiger charge is 2.55. The van der Waals surface area contributed by atoms with Gasteiger partial charge in [-0.05, 0) is 25.7 Å². The highest BCUT2D eigenvalue weighted by Crippen LogP contribution is 2.40. The van der Waals surface area contributed by atoms with E-state index >= 15 is 0 Å². The number of nitrogens with one attached hydrogen (secondary N) is 2. The lowest BCUT2D eigenvalue weighted by Gasteiger charge is -2.49. The number of rotatable bonds is 6. The van der Waals surface area contributed by atoms with Crippen LogP contribution in [0.15, 0.2) is 35.1 Å². The summed E-state index contributed by atoms with van der Waals surface area (Å²) in [6.45, 7) is 0. The van der Waals surface area contributed by atoms with Crippen LogP contribution in [0.1, 0.15) is 32.1 Å². The molecular weight excluding hydrogens is 382 g/mol. The summed E-state index contributed by atoms with van der Waals surface area (Å²) in [5.74, 6) is -2.28. The molecule has 9 heteroatoms. The van der Waals surface area contributed by atoms with Crippen LogP contribution in [0.3, 0.4) is 0 Å². The summed E-state index contributed by atoms with van der Waals surface area (Å²) in [4.78, 5) is 50.1. The second kappa shape index (κ2) is 7.46. The Bertz CT molecular complexity index is 843. The number of carboxylic acids is 1. The summed E-state index contributed by atoms with van der Waals surface area (Å²) in [6.07, 6.45) is 9.57. The average Bonchev–Trinajstić information content (AvgIpc) is 3.49. The number of carbonyl (C=O) groups excluding carboxylic acids is 3. The lowest BCUT2D eigenvalue weighted by atomic mass is 10.00. The molecule has 0 aromatic carbocycles. The molecule has 3 amide bonds. The molecule has 1 saturated carbocycles. The van der Waals surface area contributed by atoms with Gasteiger partial charge < -0.3 is 15.7 Å². The van der Waals surface area contributed by atoms with Crippen molar-refractivity contribution in [3.63, 3.8) is 0 Å². The lowest BCUT2D eigenvalue weighted by molar-refractivity contribution is -0.150. The number of carbonyl (C=O) groups is 4. The van der Waals surface area contributed by atoms with Crippen molar-refractivity contribution < 1.29 is 24.3 Å². The average molecular weight is 403 g/mol. The van der Waals surface area contributed by atoms with E-state index in [1.165, 1.54) is 11.8 Å². The first-order valence-electron chi connectivity index (χ1n) is 9.30. The molecule has 0 bridgehead atoms.